The SMILES string of the molecule is CN(C(=O)CCn1nc2ccccn2c1=O)C(C)(C)C(=O)O. The summed E-state index contributed by atoms with van der Waals surface area (Å²) < 4.78 is 2.59. The van der Waals surface area contributed by atoms with Crippen molar-refractivity contribution in [2.24, 2.45) is 0 Å². The summed E-state index contributed by atoms with van der Waals surface area (Å²) >= 11 is 0. The Morgan fingerprint density at radius 1 is 1.36 bits per heavy atom. The highest BCUT2D eigenvalue weighted by Gasteiger charge is 2.34. The maximum Gasteiger partial charge on any atom is 0.350 e. The Balaban J connectivity index is 2.12. The third kappa shape index (κ3) is 2.72. The fourth-order valence-electron chi connectivity index (χ4n) is 1.94. The number of carboxylic acid groups (broad SMARTS) is 1. The van der Waals surface area contributed by atoms with Gasteiger partial charge in [0.15, 0.2) is 5.65 Å². The highest BCUT2D eigenvalue weighted by atomic mass is 16.4. The Kier molecular flexibility index (Phi) is 4.03. The van der Waals surface area contributed by atoms with E-state index in [1.165, 1.54) is 30.0 Å². The molecule has 0 saturated heterocycles. The number of aryl methyl sites for hydroxylation is 1. The molecule has 0 aliphatic heterocycles. The smallest absolute Gasteiger partial charge is 0.350 e. The number of likely N-dealkylation sites (N-methyl/N-ethyl adjacent to an activating group) is 1. The molecule has 0 unspecified atom stereocenters. The van der Waals surface area contributed by atoms with Crippen molar-refractivity contribution in [1.29, 1.82) is 0 Å². The number of aliphatic carboxylic acids is 1. The van der Waals surface area contributed by atoms with E-state index >= 15 is 0 Å². The topological polar surface area (TPSA) is 96.9 Å². The molecule has 0 fully saturated rings. The summed E-state index contributed by atoms with van der Waals surface area (Å²) in [6.07, 6.45) is 1.60. The van der Waals surface area contributed by atoms with E-state index in [1.54, 1.807) is 24.4 Å². The molecule has 1 N–H and O–H groups in total. The van der Waals surface area contributed by atoms with Crippen molar-refractivity contribution < 1.29 is 14.7 Å². The standard InChI is InChI=1S/C14H18N4O4/c1-14(2,12(20)21)16(3)11(19)7-9-18-13(22)17-8-5-4-6-10(17)15-18/h4-6,8H,7,9H2,1-3H3,(H,20,21). The summed E-state index contributed by atoms with van der Waals surface area (Å²) in [5.74, 6) is -1.45. The van der Waals surface area contributed by atoms with Crippen LogP contribution in [0.15, 0.2) is 29.2 Å². The van der Waals surface area contributed by atoms with Gasteiger partial charge in [0.2, 0.25) is 5.91 Å². The third-order valence-electron chi connectivity index (χ3n) is 3.76. The molecule has 8 heteroatoms. The van der Waals surface area contributed by atoms with E-state index < -0.39 is 11.5 Å². The molecular weight excluding hydrogens is 288 g/mol. The number of fused-ring (bicyclic) bond motifs is 1. The van der Waals surface area contributed by atoms with Crippen LogP contribution in [0.4, 0.5) is 0 Å². The lowest BCUT2D eigenvalue weighted by Gasteiger charge is -2.31. The van der Waals surface area contributed by atoms with Crippen LogP contribution < -0.4 is 5.69 Å². The van der Waals surface area contributed by atoms with Gasteiger partial charge in [-0.1, -0.05) is 6.07 Å². The Hall–Kier alpha value is -2.64. The summed E-state index contributed by atoms with van der Waals surface area (Å²) in [6, 6.07) is 5.18. The number of nitrogens with zero attached hydrogens (tertiary/aromatic N) is 4. The molecule has 2 rings (SSSR count). The number of rotatable bonds is 5. The van der Waals surface area contributed by atoms with Crippen molar-refractivity contribution in [3.05, 3.63) is 34.9 Å². The zero-order valence-electron chi connectivity index (χ0n) is 12.7. The summed E-state index contributed by atoms with van der Waals surface area (Å²) in [4.78, 5) is 36.5. The predicted molar refractivity (Wildman–Crippen MR) is 78.6 cm³/mol. The summed E-state index contributed by atoms with van der Waals surface area (Å²) in [5, 5.41) is 13.2. The van der Waals surface area contributed by atoms with Gasteiger partial charge in [0.25, 0.3) is 0 Å². The van der Waals surface area contributed by atoms with E-state index in [0.29, 0.717) is 5.65 Å². The van der Waals surface area contributed by atoms with Crippen molar-refractivity contribution in [3.8, 4) is 0 Å². The van der Waals surface area contributed by atoms with Gasteiger partial charge in [-0.3, -0.25) is 9.20 Å². The molecule has 0 atom stereocenters. The lowest BCUT2D eigenvalue weighted by Crippen LogP contribution is -2.51. The van der Waals surface area contributed by atoms with Crippen molar-refractivity contribution >= 4 is 17.5 Å². The summed E-state index contributed by atoms with van der Waals surface area (Å²) in [6.45, 7) is 2.99. The maximum absolute atomic E-state index is 12.1. The minimum absolute atomic E-state index is 0.00298. The molecule has 22 heavy (non-hydrogen) atoms. The van der Waals surface area contributed by atoms with E-state index in [4.69, 9.17) is 5.11 Å². The number of aromatic nitrogens is 3. The van der Waals surface area contributed by atoms with Gasteiger partial charge in [0, 0.05) is 19.7 Å². The molecule has 1 amide bonds. The largest absolute Gasteiger partial charge is 0.480 e. The molecule has 2 aromatic rings. The van der Waals surface area contributed by atoms with Crippen LogP contribution in [-0.2, 0) is 16.1 Å². The van der Waals surface area contributed by atoms with E-state index in [1.807, 2.05) is 0 Å². The van der Waals surface area contributed by atoms with Crippen LogP contribution in [0.3, 0.4) is 0 Å². The number of amides is 1. The number of carbonyl (C=O) groups excluding carboxylic acids is 1. The van der Waals surface area contributed by atoms with Crippen LogP contribution in [-0.4, -0.2) is 48.7 Å². The van der Waals surface area contributed by atoms with Crippen molar-refractivity contribution in [2.45, 2.75) is 32.4 Å². The van der Waals surface area contributed by atoms with Gasteiger partial charge in [0.05, 0.1) is 6.54 Å². The molecule has 0 bridgehead atoms. The number of carboxylic acids is 1. The average Bonchev–Trinajstić information content (AvgIpc) is 2.80. The van der Waals surface area contributed by atoms with Crippen LogP contribution in [0.2, 0.25) is 0 Å². The molecule has 0 spiro atoms. The minimum atomic E-state index is -1.30. The van der Waals surface area contributed by atoms with E-state index in [9.17, 15) is 14.4 Å². The first-order valence-corrected chi connectivity index (χ1v) is 6.79. The van der Waals surface area contributed by atoms with Crippen LogP contribution >= 0.6 is 0 Å². The molecule has 8 nitrogen and oxygen atoms in total. The Bertz CT molecular complexity index is 774. The van der Waals surface area contributed by atoms with Gasteiger partial charge in [0.1, 0.15) is 5.54 Å². The molecule has 2 heterocycles. The van der Waals surface area contributed by atoms with E-state index in [2.05, 4.69) is 5.10 Å². The molecule has 118 valence electrons. The average molecular weight is 306 g/mol. The second-order valence-electron chi connectivity index (χ2n) is 5.50. The van der Waals surface area contributed by atoms with Gasteiger partial charge in [-0.15, -0.1) is 5.10 Å². The Morgan fingerprint density at radius 3 is 2.64 bits per heavy atom. The third-order valence-corrected chi connectivity index (χ3v) is 3.76. The normalized spacial score (nSPS) is 11.6. The zero-order valence-corrected chi connectivity index (χ0v) is 12.7. The van der Waals surface area contributed by atoms with Crippen molar-refractivity contribution in [1.82, 2.24) is 19.1 Å². The second-order valence-corrected chi connectivity index (χ2v) is 5.50. The quantitative estimate of drug-likeness (QED) is 0.851. The molecule has 0 saturated carbocycles. The van der Waals surface area contributed by atoms with Crippen LogP contribution in [0.5, 0.6) is 0 Å². The van der Waals surface area contributed by atoms with Gasteiger partial charge in [-0.05, 0) is 26.0 Å². The first kappa shape index (κ1) is 15.7. The zero-order chi connectivity index (χ0) is 16.5. The van der Waals surface area contributed by atoms with Crippen LogP contribution in [0.25, 0.3) is 5.65 Å². The molecule has 0 aromatic carbocycles. The van der Waals surface area contributed by atoms with Gasteiger partial charge >= 0.3 is 11.7 Å². The number of pyridine rings is 1. The highest BCUT2D eigenvalue weighted by Crippen LogP contribution is 2.13. The highest BCUT2D eigenvalue weighted by molar-refractivity contribution is 5.86. The van der Waals surface area contributed by atoms with Gasteiger partial charge in [-0.2, -0.15) is 0 Å². The van der Waals surface area contributed by atoms with Crippen LogP contribution in [0, 0.1) is 0 Å². The van der Waals surface area contributed by atoms with Crippen molar-refractivity contribution in [2.75, 3.05) is 7.05 Å². The molecular formula is C14H18N4O4. The minimum Gasteiger partial charge on any atom is -0.480 e. The number of hydrogen-bond acceptors (Lipinski definition) is 4. The number of hydrogen-bond donors (Lipinski definition) is 1. The Morgan fingerprint density at radius 2 is 2.05 bits per heavy atom. The first-order chi connectivity index (χ1) is 10.2. The molecule has 0 radical (unpaired) electrons. The fourth-order valence-corrected chi connectivity index (χ4v) is 1.94. The lowest BCUT2D eigenvalue weighted by atomic mass is 10.0. The summed E-state index contributed by atoms with van der Waals surface area (Å²) in [7, 11) is 1.43. The first-order valence-electron chi connectivity index (χ1n) is 6.79. The molecule has 0 aliphatic carbocycles. The fraction of sp³-hybridized carbons (Fsp3) is 0.429. The molecule has 2 aromatic heterocycles. The van der Waals surface area contributed by atoms with Gasteiger partial charge in [-0.25, -0.2) is 14.3 Å². The van der Waals surface area contributed by atoms with Gasteiger partial charge < -0.3 is 10.0 Å². The Labute approximate surface area is 126 Å². The predicted octanol–water partition coefficient (Wildman–Crippen LogP) is 0.208. The summed E-state index contributed by atoms with van der Waals surface area (Å²) in [5.41, 5.74) is -1.14. The lowest BCUT2D eigenvalue weighted by molar-refractivity contribution is -0.155. The number of carbonyl (C=O) groups is 2. The second kappa shape index (κ2) is 5.63. The van der Waals surface area contributed by atoms with E-state index in [-0.39, 0.29) is 24.6 Å². The maximum atomic E-state index is 12.1. The monoisotopic (exact) mass is 306 g/mol. The molecule has 0 aliphatic rings. The van der Waals surface area contributed by atoms with Crippen molar-refractivity contribution in [3.63, 3.8) is 0 Å². The van der Waals surface area contributed by atoms with E-state index in [0.717, 1.165) is 4.90 Å². The van der Waals surface area contributed by atoms with Crippen LogP contribution in [0.1, 0.15) is 20.3 Å².